The fraction of sp³-hybridized carbons (Fsp3) is 0.154. The first-order chi connectivity index (χ1) is 9.63. The van der Waals surface area contributed by atoms with E-state index >= 15 is 0 Å². The number of fused-ring (bicyclic) bond motifs is 1. The molecule has 7 heteroatoms. The Hall–Kier alpha value is -1.66. The lowest BCUT2D eigenvalue weighted by molar-refractivity contribution is 0.617. The second-order valence-corrected chi connectivity index (χ2v) is 5.66. The van der Waals surface area contributed by atoms with E-state index in [2.05, 4.69) is 15.1 Å². The monoisotopic (exact) mass is 308 g/mol. The number of nitrogens with zero attached hydrogens (tertiary/aromatic N) is 4. The Labute approximate surface area is 124 Å². The quantitative estimate of drug-likeness (QED) is 0.548. The highest BCUT2D eigenvalue weighted by Gasteiger charge is 2.09. The molecule has 1 aromatic carbocycles. The molecular weight excluding hydrogens is 299 g/mol. The van der Waals surface area contributed by atoms with Crippen LogP contribution in [-0.2, 0) is 5.75 Å². The molecular formula is C13H10ClFN4S. The average Bonchev–Trinajstić information content (AvgIpc) is 2.85. The number of aryl methyl sites for hydroxylation is 1. The normalized spacial score (nSPS) is 11.2. The van der Waals surface area contributed by atoms with Crippen LogP contribution in [0.15, 0.2) is 35.6 Å². The molecule has 0 atom stereocenters. The lowest BCUT2D eigenvalue weighted by Crippen LogP contribution is -1.98. The topological polar surface area (TPSA) is 43.1 Å². The molecule has 102 valence electrons. The summed E-state index contributed by atoms with van der Waals surface area (Å²) in [5.41, 5.74) is 1.45. The molecule has 0 radical (unpaired) electrons. The van der Waals surface area contributed by atoms with E-state index in [1.807, 2.05) is 13.0 Å². The van der Waals surface area contributed by atoms with Crippen molar-refractivity contribution in [2.45, 2.75) is 17.7 Å². The standard InChI is InChI=1S/C13H10ClFN4S/c1-8-4-12(19-13(18-8)16-7-17-19)20-6-9-2-3-10(14)5-11(9)15/h2-5,7H,6H2,1H3. The minimum absolute atomic E-state index is 0.300. The minimum atomic E-state index is -0.300. The summed E-state index contributed by atoms with van der Waals surface area (Å²) in [5, 5.41) is 5.39. The van der Waals surface area contributed by atoms with Gasteiger partial charge in [0.15, 0.2) is 0 Å². The Kier molecular flexibility index (Phi) is 3.58. The summed E-state index contributed by atoms with van der Waals surface area (Å²) in [6, 6.07) is 6.60. The summed E-state index contributed by atoms with van der Waals surface area (Å²) < 4.78 is 15.4. The Morgan fingerprint density at radius 2 is 2.20 bits per heavy atom. The van der Waals surface area contributed by atoms with Crippen LogP contribution in [-0.4, -0.2) is 19.6 Å². The number of thioether (sulfide) groups is 1. The Bertz CT molecular complexity index is 774. The van der Waals surface area contributed by atoms with Gasteiger partial charge >= 0.3 is 0 Å². The van der Waals surface area contributed by atoms with Gasteiger partial charge in [0.05, 0.1) is 0 Å². The fourth-order valence-corrected chi connectivity index (χ4v) is 2.99. The molecule has 3 rings (SSSR count). The largest absolute Gasteiger partial charge is 0.253 e. The Balaban J connectivity index is 1.88. The summed E-state index contributed by atoms with van der Waals surface area (Å²) in [4.78, 5) is 8.33. The van der Waals surface area contributed by atoms with Crippen LogP contribution in [0.25, 0.3) is 5.78 Å². The van der Waals surface area contributed by atoms with Crippen molar-refractivity contribution in [1.29, 1.82) is 0 Å². The van der Waals surface area contributed by atoms with Crippen LogP contribution in [0.4, 0.5) is 4.39 Å². The van der Waals surface area contributed by atoms with Crippen LogP contribution >= 0.6 is 23.4 Å². The maximum atomic E-state index is 13.7. The molecule has 0 aliphatic rings. The number of benzene rings is 1. The first kappa shape index (κ1) is 13.3. The van der Waals surface area contributed by atoms with Crippen molar-refractivity contribution < 1.29 is 4.39 Å². The van der Waals surface area contributed by atoms with Crippen molar-refractivity contribution in [2.24, 2.45) is 0 Å². The van der Waals surface area contributed by atoms with Gasteiger partial charge in [-0.1, -0.05) is 17.7 Å². The number of aromatic nitrogens is 4. The van der Waals surface area contributed by atoms with Crippen molar-refractivity contribution in [3.05, 3.63) is 52.7 Å². The molecule has 0 bridgehead atoms. The minimum Gasteiger partial charge on any atom is -0.216 e. The maximum Gasteiger partial charge on any atom is 0.253 e. The van der Waals surface area contributed by atoms with E-state index in [0.717, 1.165) is 10.7 Å². The van der Waals surface area contributed by atoms with Gasteiger partial charge in [0, 0.05) is 16.5 Å². The van der Waals surface area contributed by atoms with Gasteiger partial charge in [0.1, 0.15) is 17.2 Å². The molecule has 0 unspecified atom stereocenters. The SMILES string of the molecule is Cc1cc(SCc2ccc(Cl)cc2F)n2ncnc2n1. The van der Waals surface area contributed by atoms with Crippen LogP contribution in [0.3, 0.4) is 0 Å². The molecule has 0 fully saturated rings. The third kappa shape index (κ3) is 2.62. The summed E-state index contributed by atoms with van der Waals surface area (Å²) >= 11 is 7.22. The molecule has 2 aromatic heterocycles. The molecule has 0 saturated carbocycles. The Morgan fingerprint density at radius 1 is 1.35 bits per heavy atom. The highest BCUT2D eigenvalue weighted by Crippen LogP contribution is 2.25. The Morgan fingerprint density at radius 3 is 3.00 bits per heavy atom. The molecule has 2 heterocycles. The van der Waals surface area contributed by atoms with E-state index < -0.39 is 0 Å². The van der Waals surface area contributed by atoms with E-state index in [1.165, 1.54) is 24.2 Å². The zero-order valence-corrected chi connectivity index (χ0v) is 12.1. The zero-order valence-electron chi connectivity index (χ0n) is 10.5. The van der Waals surface area contributed by atoms with Gasteiger partial charge in [0.25, 0.3) is 5.78 Å². The smallest absolute Gasteiger partial charge is 0.216 e. The van der Waals surface area contributed by atoms with E-state index in [4.69, 9.17) is 11.6 Å². The van der Waals surface area contributed by atoms with Crippen LogP contribution in [0.2, 0.25) is 5.02 Å². The van der Waals surface area contributed by atoms with Crippen molar-refractivity contribution in [3.63, 3.8) is 0 Å². The molecule has 0 amide bonds. The van der Waals surface area contributed by atoms with Crippen LogP contribution < -0.4 is 0 Å². The van der Waals surface area contributed by atoms with E-state index in [0.29, 0.717) is 22.1 Å². The third-order valence-electron chi connectivity index (χ3n) is 2.74. The molecule has 4 nitrogen and oxygen atoms in total. The van der Waals surface area contributed by atoms with Gasteiger partial charge < -0.3 is 0 Å². The number of hydrogen-bond donors (Lipinski definition) is 0. The summed E-state index contributed by atoms with van der Waals surface area (Å²) in [5.74, 6) is 0.733. The summed E-state index contributed by atoms with van der Waals surface area (Å²) in [6.45, 7) is 1.89. The second-order valence-electron chi connectivity index (χ2n) is 4.23. The molecule has 0 saturated heterocycles. The first-order valence-corrected chi connectivity index (χ1v) is 7.24. The molecule has 0 N–H and O–H groups in total. The van der Waals surface area contributed by atoms with Crippen LogP contribution in [0, 0.1) is 12.7 Å². The predicted octanol–water partition coefficient (Wildman–Crippen LogP) is 3.52. The van der Waals surface area contributed by atoms with Gasteiger partial charge in [-0.05, 0) is 30.7 Å². The second kappa shape index (κ2) is 5.38. The van der Waals surface area contributed by atoms with E-state index in [1.54, 1.807) is 16.6 Å². The average molecular weight is 309 g/mol. The highest BCUT2D eigenvalue weighted by atomic mass is 35.5. The van der Waals surface area contributed by atoms with Crippen molar-refractivity contribution in [3.8, 4) is 0 Å². The number of rotatable bonds is 3. The lowest BCUT2D eigenvalue weighted by atomic mass is 10.2. The summed E-state index contributed by atoms with van der Waals surface area (Å²) in [6.07, 6.45) is 1.45. The van der Waals surface area contributed by atoms with Crippen LogP contribution in [0.1, 0.15) is 11.3 Å². The molecule has 0 aliphatic carbocycles. The van der Waals surface area contributed by atoms with Crippen molar-refractivity contribution in [2.75, 3.05) is 0 Å². The van der Waals surface area contributed by atoms with E-state index in [9.17, 15) is 4.39 Å². The molecule has 0 spiro atoms. The van der Waals surface area contributed by atoms with Gasteiger partial charge in [-0.25, -0.2) is 9.37 Å². The van der Waals surface area contributed by atoms with Gasteiger partial charge in [0.2, 0.25) is 0 Å². The molecule has 20 heavy (non-hydrogen) atoms. The van der Waals surface area contributed by atoms with Gasteiger partial charge in [-0.15, -0.1) is 11.8 Å². The first-order valence-electron chi connectivity index (χ1n) is 5.87. The lowest BCUT2D eigenvalue weighted by Gasteiger charge is -2.06. The summed E-state index contributed by atoms with van der Waals surface area (Å²) in [7, 11) is 0. The molecule has 3 aromatic rings. The highest BCUT2D eigenvalue weighted by molar-refractivity contribution is 7.98. The predicted molar refractivity (Wildman–Crippen MR) is 76.5 cm³/mol. The number of halogens is 2. The van der Waals surface area contributed by atoms with Crippen molar-refractivity contribution in [1.82, 2.24) is 19.6 Å². The van der Waals surface area contributed by atoms with Gasteiger partial charge in [-0.2, -0.15) is 14.6 Å². The molecule has 0 aliphatic heterocycles. The fourth-order valence-electron chi connectivity index (χ4n) is 1.79. The zero-order chi connectivity index (χ0) is 14.1. The third-order valence-corrected chi connectivity index (χ3v) is 4.01. The maximum absolute atomic E-state index is 13.7. The van der Waals surface area contributed by atoms with E-state index in [-0.39, 0.29) is 5.82 Å². The van der Waals surface area contributed by atoms with Crippen molar-refractivity contribution >= 4 is 29.1 Å². The van der Waals surface area contributed by atoms with Gasteiger partial charge in [-0.3, -0.25) is 0 Å². The number of hydrogen-bond acceptors (Lipinski definition) is 4. The van der Waals surface area contributed by atoms with Crippen LogP contribution in [0.5, 0.6) is 0 Å².